The molecule has 172 valence electrons. The van der Waals surface area contributed by atoms with E-state index in [9.17, 15) is 5.11 Å². The van der Waals surface area contributed by atoms with Gasteiger partial charge in [-0.2, -0.15) is 0 Å². The minimum Gasteiger partial charge on any atom is -0.393 e. The summed E-state index contributed by atoms with van der Waals surface area (Å²) < 4.78 is 0. The number of benzene rings is 2. The van der Waals surface area contributed by atoms with Crippen molar-refractivity contribution in [2.75, 3.05) is 58.8 Å². The van der Waals surface area contributed by atoms with E-state index in [1.54, 1.807) is 0 Å². The van der Waals surface area contributed by atoms with Gasteiger partial charge in [-0.15, -0.1) is 0 Å². The fraction of sp³-hybridized carbons (Fsp3) is 0.630. The molecular weight excluding hydrogens is 382 g/mol. The van der Waals surface area contributed by atoms with E-state index in [4.69, 9.17) is 0 Å². The second-order valence-corrected chi connectivity index (χ2v) is 9.63. The van der Waals surface area contributed by atoms with Crippen LogP contribution >= 0.6 is 0 Å². The molecule has 0 amide bonds. The number of aliphatic hydroxyl groups is 1. The second kappa shape index (κ2) is 12.4. The Morgan fingerprint density at radius 2 is 1.61 bits per heavy atom. The number of aliphatic hydroxyl groups excluding tert-OH is 1. The van der Waals surface area contributed by atoms with Crippen molar-refractivity contribution in [1.29, 1.82) is 0 Å². The number of hydrogen-bond donors (Lipinski definition) is 1. The van der Waals surface area contributed by atoms with Crippen LogP contribution in [0.15, 0.2) is 36.4 Å². The van der Waals surface area contributed by atoms with Gasteiger partial charge in [0.2, 0.25) is 0 Å². The number of nitrogens with zero attached hydrogens (tertiary/aromatic N) is 3. The molecule has 1 aliphatic rings. The molecule has 0 bridgehead atoms. The summed E-state index contributed by atoms with van der Waals surface area (Å²) >= 11 is 0. The fourth-order valence-corrected chi connectivity index (χ4v) is 4.64. The molecule has 1 unspecified atom stereocenters. The summed E-state index contributed by atoms with van der Waals surface area (Å²) in [6.45, 7) is 6.19. The molecule has 1 fully saturated rings. The van der Waals surface area contributed by atoms with Crippen LogP contribution < -0.4 is 4.90 Å². The fourth-order valence-electron chi connectivity index (χ4n) is 4.64. The van der Waals surface area contributed by atoms with Gasteiger partial charge in [0, 0.05) is 46.0 Å². The van der Waals surface area contributed by atoms with Gasteiger partial charge in [0.05, 0.1) is 6.10 Å². The molecule has 0 spiro atoms. The zero-order valence-corrected chi connectivity index (χ0v) is 20.0. The predicted octanol–water partition coefficient (Wildman–Crippen LogP) is 4.79. The molecule has 0 radical (unpaired) electrons. The first kappa shape index (κ1) is 24.0. The van der Waals surface area contributed by atoms with E-state index in [0.717, 1.165) is 19.3 Å². The van der Waals surface area contributed by atoms with Crippen LogP contribution in [0.1, 0.15) is 50.5 Å². The first-order valence-corrected chi connectivity index (χ1v) is 12.3. The van der Waals surface area contributed by atoms with Crippen molar-refractivity contribution in [2.45, 2.75) is 57.5 Å². The molecule has 1 heterocycles. The molecular formula is C27H43N3O. The summed E-state index contributed by atoms with van der Waals surface area (Å²) in [5.74, 6) is 0. The van der Waals surface area contributed by atoms with Gasteiger partial charge in [-0.05, 0) is 61.3 Å². The Kier molecular flexibility index (Phi) is 9.63. The van der Waals surface area contributed by atoms with Crippen molar-refractivity contribution < 1.29 is 5.11 Å². The molecule has 0 saturated carbocycles. The molecule has 1 N–H and O–H groups in total. The molecule has 0 aliphatic carbocycles. The van der Waals surface area contributed by atoms with Crippen LogP contribution in [0, 0.1) is 0 Å². The minimum atomic E-state index is -0.239. The number of unbranched alkanes of at least 4 members (excludes halogenated alkanes) is 5. The number of piperazine rings is 1. The van der Waals surface area contributed by atoms with E-state index in [0.29, 0.717) is 0 Å². The van der Waals surface area contributed by atoms with E-state index in [1.165, 1.54) is 86.9 Å². The van der Waals surface area contributed by atoms with Gasteiger partial charge >= 0.3 is 0 Å². The number of anilines is 1. The van der Waals surface area contributed by atoms with E-state index < -0.39 is 0 Å². The monoisotopic (exact) mass is 425 g/mol. The Bertz CT molecular complexity index is 783. The Morgan fingerprint density at radius 1 is 0.903 bits per heavy atom. The maximum absolute atomic E-state index is 10.6. The SMILES string of the molecule is CN1CCN(CCCCCCCCC(O)Cc2cccc3cc(N(C)C)ccc23)CC1. The molecule has 2 aromatic carbocycles. The first-order chi connectivity index (χ1) is 15.0. The largest absolute Gasteiger partial charge is 0.393 e. The van der Waals surface area contributed by atoms with Crippen LogP contribution in [-0.4, -0.2) is 74.9 Å². The molecule has 1 saturated heterocycles. The van der Waals surface area contributed by atoms with Gasteiger partial charge in [0.1, 0.15) is 0 Å². The Morgan fingerprint density at radius 3 is 2.35 bits per heavy atom. The van der Waals surface area contributed by atoms with Gasteiger partial charge in [0.25, 0.3) is 0 Å². The molecule has 0 aromatic heterocycles. The summed E-state index contributed by atoms with van der Waals surface area (Å²) in [4.78, 5) is 7.17. The zero-order chi connectivity index (χ0) is 22.1. The minimum absolute atomic E-state index is 0.239. The van der Waals surface area contributed by atoms with Crippen molar-refractivity contribution in [1.82, 2.24) is 9.80 Å². The average molecular weight is 426 g/mol. The summed E-state index contributed by atoms with van der Waals surface area (Å²) in [7, 11) is 6.36. The second-order valence-electron chi connectivity index (χ2n) is 9.63. The third-order valence-corrected chi connectivity index (χ3v) is 6.78. The van der Waals surface area contributed by atoms with Gasteiger partial charge in [-0.25, -0.2) is 0 Å². The normalized spacial score (nSPS) is 16.6. The van der Waals surface area contributed by atoms with Crippen LogP contribution in [0.25, 0.3) is 10.8 Å². The number of likely N-dealkylation sites (N-methyl/N-ethyl adjacent to an activating group) is 1. The highest BCUT2D eigenvalue weighted by molar-refractivity contribution is 5.88. The van der Waals surface area contributed by atoms with Gasteiger partial charge in [0.15, 0.2) is 0 Å². The van der Waals surface area contributed by atoms with Crippen LogP contribution in [0.2, 0.25) is 0 Å². The molecule has 2 aromatic rings. The Balaban J connectivity index is 1.29. The van der Waals surface area contributed by atoms with Gasteiger partial charge in [-0.1, -0.05) is 56.4 Å². The van der Waals surface area contributed by atoms with Crippen molar-refractivity contribution in [2.24, 2.45) is 0 Å². The van der Waals surface area contributed by atoms with Crippen molar-refractivity contribution in [3.05, 3.63) is 42.0 Å². The highest BCUT2D eigenvalue weighted by Crippen LogP contribution is 2.25. The van der Waals surface area contributed by atoms with Crippen LogP contribution in [0.4, 0.5) is 5.69 Å². The quantitative estimate of drug-likeness (QED) is 0.495. The highest BCUT2D eigenvalue weighted by atomic mass is 16.3. The highest BCUT2D eigenvalue weighted by Gasteiger charge is 2.13. The van der Waals surface area contributed by atoms with Crippen LogP contribution in [0.5, 0.6) is 0 Å². The maximum atomic E-state index is 10.6. The van der Waals surface area contributed by atoms with Crippen molar-refractivity contribution in [3.63, 3.8) is 0 Å². The number of hydrogen-bond acceptors (Lipinski definition) is 4. The standard InChI is InChI=1S/C27H43N3O/c1-28(2)25-14-15-27-23(21-25)11-10-12-24(27)22-26(31)13-8-6-4-5-7-9-16-30-19-17-29(3)18-20-30/h10-12,14-15,21,26,31H,4-9,13,16-20,22H2,1-3H3. The zero-order valence-electron chi connectivity index (χ0n) is 20.0. The molecule has 3 rings (SSSR count). The lowest BCUT2D eigenvalue weighted by molar-refractivity contribution is 0.151. The third kappa shape index (κ3) is 7.78. The molecule has 4 heteroatoms. The summed E-state index contributed by atoms with van der Waals surface area (Å²) in [5.41, 5.74) is 2.48. The van der Waals surface area contributed by atoms with E-state index >= 15 is 0 Å². The van der Waals surface area contributed by atoms with Crippen molar-refractivity contribution >= 4 is 16.5 Å². The van der Waals surface area contributed by atoms with E-state index in [1.807, 2.05) is 0 Å². The summed E-state index contributed by atoms with van der Waals surface area (Å²) in [6.07, 6.45) is 9.12. The lowest BCUT2D eigenvalue weighted by Gasteiger charge is -2.32. The molecule has 1 atom stereocenters. The van der Waals surface area contributed by atoms with E-state index in [-0.39, 0.29) is 6.10 Å². The maximum Gasteiger partial charge on any atom is 0.0580 e. The lowest BCUT2D eigenvalue weighted by Crippen LogP contribution is -2.44. The van der Waals surface area contributed by atoms with Crippen LogP contribution in [0.3, 0.4) is 0 Å². The van der Waals surface area contributed by atoms with Gasteiger partial charge in [-0.3, -0.25) is 0 Å². The van der Waals surface area contributed by atoms with Crippen molar-refractivity contribution in [3.8, 4) is 0 Å². The van der Waals surface area contributed by atoms with Gasteiger partial charge < -0.3 is 19.8 Å². The molecule has 4 nitrogen and oxygen atoms in total. The number of fused-ring (bicyclic) bond motifs is 1. The predicted molar refractivity (Wildman–Crippen MR) is 134 cm³/mol. The van der Waals surface area contributed by atoms with Crippen LogP contribution in [-0.2, 0) is 6.42 Å². The average Bonchev–Trinajstić information content (AvgIpc) is 2.76. The summed E-state index contributed by atoms with van der Waals surface area (Å²) in [6, 6.07) is 13.1. The topological polar surface area (TPSA) is 30.0 Å². The smallest absolute Gasteiger partial charge is 0.0580 e. The third-order valence-electron chi connectivity index (χ3n) is 6.78. The molecule has 1 aliphatic heterocycles. The Labute approximate surface area is 189 Å². The van der Waals surface area contributed by atoms with E-state index in [2.05, 4.69) is 72.2 Å². The first-order valence-electron chi connectivity index (χ1n) is 12.3. The summed E-state index contributed by atoms with van der Waals surface area (Å²) in [5, 5.41) is 13.1. The lowest BCUT2D eigenvalue weighted by atomic mass is 9.97. The Hall–Kier alpha value is -1.62. The number of rotatable bonds is 12. The molecule has 31 heavy (non-hydrogen) atoms.